The van der Waals surface area contributed by atoms with E-state index < -0.39 is 24.0 Å². The van der Waals surface area contributed by atoms with Crippen molar-refractivity contribution in [2.75, 3.05) is 19.7 Å². The molecule has 0 amide bonds. The highest BCUT2D eigenvalue weighted by Gasteiger charge is 2.61. The van der Waals surface area contributed by atoms with Crippen molar-refractivity contribution in [3.05, 3.63) is 65.0 Å². The van der Waals surface area contributed by atoms with Crippen molar-refractivity contribution in [3.8, 4) is 6.07 Å². The Balaban J connectivity index is 1.48. The largest absolute Gasteiger partial charge is 0.365 e. The zero-order valence-corrected chi connectivity index (χ0v) is 16.6. The SMILES string of the molecule is Cc1ccc(CN2CC[C@@](CCc3ccc(C#N)cc3)([C@H]3OCC3(F)F)C2)cn1. The van der Waals surface area contributed by atoms with E-state index in [1.165, 1.54) is 0 Å². The molecule has 1 aromatic carbocycles. The van der Waals surface area contributed by atoms with Gasteiger partial charge in [0, 0.05) is 30.4 Å². The maximum Gasteiger partial charge on any atom is 0.297 e. The van der Waals surface area contributed by atoms with E-state index in [0.29, 0.717) is 37.9 Å². The van der Waals surface area contributed by atoms with Crippen LogP contribution in [0.2, 0.25) is 0 Å². The molecule has 0 aliphatic carbocycles. The number of aromatic nitrogens is 1. The Morgan fingerprint density at radius 1 is 1.21 bits per heavy atom. The number of halogens is 2. The lowest BCUT2D eigenvalue weighted by molar-refractivity contribution is -0.301. The number of aryl methyl sites for hydroxylation is 2. The molecule has 1 aromatic heterocycles. The maximum absolute atomic E-state index is 14.3. The minimum atomic E-state index is -2.76. The monoisotopic (exact) mass is 397 g/mol. The van der Waals surface area contributed by atoms with Crippen molar-refractivity contribution in [2.45, 2.75) is 44.8 Å². The highest BCUT2D eigenvalue weighted by atomic mass is 19.3. The van der Waals surface area contributed by atoms with Gasteiger partial charge < -0.3 is 4.74 Å². The second kappa shape index (κ2) is 7.81. The van der Waals surface area contributed by atoms with Gasteiger partial charge in [-0.3, -0.25) is 9.88 Å². The van der Waals surface area contributed by atoms with E-state index in [-0.39, 0.29) is 0 Å². The van der Waals surface area contributed by atoms with Gasteiger partial charge in [0.1, 0.15) is 12.7 Å². The van der Waals surface area contributed by atoms with Crippen LogP contribution in [-0.4, -0.2) is 41.6 Å². The predicted molar refractivity (Wildman–Crippen MR) is 105 cm³/mol. The van der Waals surface area contributed by atoms with Crippen LogP contribution in [0.5, 0.6) is 0 Å². The van der Waals surface area contributed by atoms with Gasteiger partial charge >= 0.3 is 0 Å². The number of nitrogens with zero attached hydrogens (tertiary/aromatic N) is 3. The Labute approximate surface area is 170 Å². The third kappa shape index (κ3) is 4.17. The predicted octanol–water partition coefficient (Wildman–Crippen LogP) is 4.12. The first kappa shape index (κ1) is 19.9. The van der Waals surface area contributed by atoms with Crippen molar-refractivity contribution in [3.63, 3.8) is 0 Å². The topological polar surface area (TPSA) is 49.2 Å². The molecule has 2 aromatic rings. The fourth-order valence-corrected chi connectivity index (χ4v) is 4.58. The summed E-state index contributed by atoms with van der Waals surface area (Å²) in [5, 5.41) is 8.95. The molecule has 2 atom stereocenters. The van der Waals surface area contributed by atoms with Gasteiger partial charge in [-0.1, -0.05) is 18.2 Å². The summed E-state index contributed by atoms with van der Waals surface area (Å²) in [6.45, 7) is 3.56. The summed E-state index contributed by atoms with van der Waals surface area (Å²) in [5.74, 6) is -2.76. The van der Waals surface area contributed by atoms with E-state index in [0.717, 1.165) is 23.4 Å². The number of nitriles is 1. The van der Waals surface area contributed by atoms with Gasteiger partial charge in [-0.2, -0.15) is 5.26 Å². The van der Waals surface area contributed by atoms with Crippen molar-refractivity contribution < 1.29 is 13.5 Å². The smallest absolute Gasteiger partial charge is 0.297 e. The number of hydrogen-bond acceptors (Lipinski definition) is 4. The van der Waals surface area contributed by atoms with Gasteiger partial charge in [-0.05, 0) is 62.1 Å². The quantitative estimate of drug-likeness (QED) is 0.736. The van der Waals surface area contributed by atoms with Gasteiger partial charge in [0.2, 0.25) is 0 Å². The van der Waals surface area contributed by atoms with Gasteiger partial charge in [-0.25, -0.2) is 8.78 Å². The molecule has 2 saturated heterocycles. The van der Waals surface area contributed by atoms with Crippen LogP contribution in [0.4, 0.5) is 8.78 Å². The number of hydrogen-bond donors (Lipinski definition) is 0. The summed E-state index contributed by atoms with van der Waals surface area (Å²) >= 11 is 0. The molecule has 0 saturated carbocycles. The Morgan fingerprint density at radius 3 is 2.55 bits per heavy atom. The Bertz CT molecular complexity index is 892. The Hall–Kier alpha value is -2.36. The summed E-state index contributed by atoms with van der Waals surface area (Å²) in [7, 11) is 0. The molecule has 2 aliphatic heterocycles. The standard InChI is InChI=1S/C23H25F2N3O/c1-17-2-3-20(13-27-17)14-28-11-10-22(15-28,21-23(24,25)16-29-21)9-8-18-4-6-19(12-26)7-5-18/h2-7,13,21H,8-11,14-16H2,1H3/t21-,22-/m1/s1. The van der Waals surface area contributed by atoms with Crippen LogP contribution in [-0.2, 0) is 17.7 Å². The summed E-state index contributed by atoms with van der Waals surface area (Å²) in [5.41, 5.74) is 3.17. The van der Waals surface area contributed by atoms with Crippen LogP contribution >= 0.6 is 0 Å². The third-order valence-electron chi connectivity index (χ3n) is 6.22. The minimum absolute atomic E-state index is 0.474. The molecule has 4 nitrogen and oxygen atoms in total. The average molecular weight is 397 g/mol. The van der Waals surface area contributed by atoms with E-state index in [9.17, 15) is 8.78 Å². The maximum atomic E-state index is 14.3. The normalized spacial score (nSPS) is 26.1. The van der Waals surface area contributed by atoms with Gasteiger partial charge in [0.05, 0.1) is 11.6 Å². The zero-order valence-electron chi connectivity index (χ0n) is 16.6. The van der Waals surface area contributed by atoms with E-state index in [1.54, 1.807) is 12.1 Å². The van der Waals surface area contributed by atoms with Crippen molar-refractivity contribution in [2.24, 2.45) is 5.41 Å². The lowest BCUT2D eigenvalue weighted by Gasteiger charge is -2.48. The molecular weight excluding hydrogens is 372 g/mol. The number of alkyl halides is 2. The van der Waals surface area contributed by atoms with Crippen LogP contribution < -0.4 is 0 Å². The number of likely N-dealkylation sites (tertiary alicyclic amines) is 1. The van der Waals surface area contributed by atoms with E-state index >= 15 is 0 Å². The molecule has 2 fully saturated rings. The first-order valence-corrected chi connectivity index (χ1v) is 10.0. The highest BCUT2D eigenvalue weighted by molar-refractivity contribution is 5.31. The van der Waals surface area contributed by atoms with E-state index in [4.69, 9.17) is 10.00 Å². The fourth-order valence-electron chi connectivity index (χ4n) is 4.58. The fraction of sp³-hybridized carbons (Fsp3) is 0.478. The molecule has 3 heterocycles. The van der Waals surface area contributed by atoms with Crippen LogP contribution in [0.1, 0.15) is 35.2 Å². The van der Waals surface area contributed by atoms with Crippen LogP contribution in [0.25, 0.3) is 0 Å². The van der Waals surface area contributed by atoms with Crippen molar-refractivity contribution in [1.82, 2.24) is 9.88 Å². The third-order valence-corrected chi connectivity index (χ3v) is 6.22. The lowest BCUT2D eigenvalue weighted by Crippen LogP contribution is -2.61. The molecule has 29 heavy (non-hydrogen) atoms. The molecule has 0 N–H and O–H groups in total. The van der Waals surface area contributed by atoms with Crippen LogP contribution in [0, 0.1) is 23.7 Å². The molecule has 0 bridgehead atoms. The summed E-state index contributed by atoms with van der Waals surface area (Å²) in [4.78, 5) is 6.58. The minimum Gasteiger partial charge on any atom is -0.365 e. The molecule has 2 aliphatic rings. The van der Waals surface area contributed by atoms with Crippen LogP contribution in [0.3, 0.4) is 0 Å². The first-order chi connectivity index (χ1) is 13.9. The molecule has 0 radical (unpaired) electrons. The number of pyridine rings is 1. The molecule has 0 spiro atoms. The molecule has 4 rings (SSSR count). The zero-order chi connectivity index (χ0) is 20.5. The number of rotatable bonds is 6. The van der Waals surface area contributed by atoms with Crippen molar-refractivity contribution >= 4 is 0 Å². The molecule has 152 valence electrons. The van der Waals surface area contributed by atoms with Crippen molar-refractivity contribution in [1.29, 1.82) is 5.26 Å². The average Bonchev–Trinajstić information content (AvgIpc) is 3.11. The van der Waals surface area contributed by atoms with Crippen LogP contribution in [0.15, 0.2) is 42.6 Å². The Morgan fingerprint density at radius 2 is 1.97 bits per heavy atom. The first-order valence-electron chi connectivity index (χ1n) is 10.0. The number of ether oxygens (including phenoxy) is 1. The van der Waals surface area contributed by atoms with Gasteiger partial charge in [-0.15, -0.1) is 0 Å². The lowest BCUT2D eigenvalue weighted by atomic mass is 9.72. The van der Waals surface area contributed by atoms with E-state index in [2.05, 4.69) is 16.0 Å². The molecular formula is C23H25F2N3O. The second-order valence-electron chi connectivity index (χ2n) is 8.39. The summed E-state index contributed by atoms with van der Waals surface area (Å²) in [6, 6.07) is 13.5. The molecule has 0 unspecified atom stereocenters. The Kier molecular flexibility index (Phi) is 5.37. The van der Waals surface area contributed by atoms with Gasteiger partial charge in [0.15, 0.2) is 0 Å². The number of benzene rings is 1. The molecule has 6 heteroatoms. The van der Waals surface area contributed by atoms with E-state index in [1.807, 2.05) is 37.4 Å². The summed E-state index contributed by atoms with van der Waals surface area (Å²) < 4.78 is 34.1. The highest BCUT2D eigenvalue weighted by Crippen LogP contribution is 2.50. The second-order valence-corrected chi connectivity index (χ2v) is 8.39. The van der Waals surface area contributed by atoms with Gasteiger partial charge in [0.25, 0.3) is 5.92 Å². The summed E-state index contributed by atoms with van der Waals surface area (Å²) in [6.07, 6.45) is 2.88.